The van der Waals surface area contributed by atoms with Gasteiger partial charge in [-0.05, 0) is 23.8 Å². The fourth-order valence-corrected chi connectivity index (χ4v) is 2.13. The molecular formula is C14H11NO2. The molecule has 2 aromatic rings. The Hall–Kier alpha value is -2.16. The summed E-state index contributed by atoms with van der Waals surface area (Å²) < 4.78 is 5.33. The van der Waals surface area contributed by atoms with Crippen molar-refractivity contribution < 1.29 is 9.21 Å². The molecule has 0 bridgehead atoms. The lowest BCUT2D eigenvalue weighted by molar-refractivity contribution is 0.0999. The first-order chi connectivity index (χ1) is 8.34. The average molecular weight is 225 g/mol. The van der Waals surface area contributed by atoms with Crippen LogP contribution in [0.4, 0.5) is 0 Å². The summed E-state index contributed by atoms with van der Waals surface area (Å²) >= 11 is 0. The van der Waals surface area contributed by atoms with Crippen LogP contribution in [0.3, 0.4) is 0 Å². The Labute approximate surface area is 98.8 Å². The first-order valence-electron chi connectivity index (χ1n) is 5.54. The van der Waals surface area contributed by atoms with Gasteiger partial charge in [0.1, 0.15) is 5.76 Å². The zero-order valence-electron chi connectivity index (χ0n) is 9.17. The number of rotatable bonds is 2. The molecule has 0 radical (unpaired) electrons. The van der Waals surface area contributed by atoms with Gasteiger partial charge in [-0.25, -0.2) is 4.99 Å². The van der Waals surface area contributed by atoms with E-state index in [9.17, 15) is 4.79 Å². The van der Waals surface area contributed by atoms with Gasteiger partial charge in [0.15, 0.2) is 0 Å². The van der Waals surface area contributed by atoms with Gasteiger partial charge < -0.3 is 4.42 Å². The summed E-state index contributed by atoms with van der Waals surface area (Å²) in [6, 6.07) is 11.4. The minimum atomic E-state index is -0.156. The largest absolute Gasteiger partial charge is 0.469 e. The summed E-state index contributed by atoms with van der Waals surface area (Å²) in [5, 5.41) is 0. The molecule has 17 heavy (non-hydrogen) atoms. The van der Waals surface area contributed by atoms with Crippen molar-refractivity contribution in [1.29, 1.82) is 0 Å². The lowest BCUT2D eigenvalue weighted by Crippen LogP contribution is -2.15. The monoisotopic (exact) mass is 225 g/mol. The second-order valence-electron chi connectivity index (χ2n) is 4.06. The molecule has 1 unspecified atom stereocenters. The molecule has 0 aliphatic carbocycles. The minimum absolute atomic E-state index is 0.120. The summed E-state index contributed by atoms with van der Waals surface area (Å²) in [6.45, 7) is 0. The van der Waals surface area contributed by atoms with Gasteiger partial charge in [-0.3, -0.25) is 4.79 Å². The van der Waals surface area contributed by atoms with Crippen LogP contribution in [-0.2, 0) is 6.42 Å². The van der Waals surface area contributed by atoms with Crippen molar-refractivity contribution in [2.24, 2.45) is 4.99 Å². The molecule has 0 saturated carbocycles. The molecule has 0 saturated heterocycles. The average Bonchev–Trinajstić information content (AvgIpc) is 2.86. The smallest absolute Gasteiger partial charge is 0.276 e. The molecular weight excluding hydrogens is 214 g/mol. The number of aliphatic imine (C=N–C) groups is 1. The molecule has 1 aromatic heterocycles. The third-order valence-corrected chi connectivity index (χ3v) is 2.96. The fourth-order valence-electron chi connectivity index (χ4n) is 2.13. The zero-order chi connectivity index (χ0) is 11.7. The summed E-state index contributed by atoms with van der Waals surface area (Å²) in [4.78, 5) is 15.5. The van der Waals surface area contributed by atoms with Gasteiger partial charge in [-0.2, -0.15) is 0 Å². The molecule has 1 atom stereocenters. The van der Waals surface area contributed by atoms with E-state index in [2.05, 4.69) is 4.99 Å². The highest BCUT2D eigenvalue weighted by atomic mass is 16.3. The van der Waals surface area contributed by atoms with Crippen LogP contribution in [0.25, 0.3) is 0 Å². The highest BCUT2D eigenvalue weighted by Crippen LogP contribution is 2.26. The molecule has 1 aliphatic rings. The fraction of sp³-hybridized carbons (Fsp3) is 0.143. The van der Waals surface area contributed by atoms with E-state index in [1.165, 1.54) is 0 Å². The maximum atomic E-state index is 11.6. The lowest BCUT2D eigenvalue weighted by atomic mass is 9.89. The number of carbonyl (C=O) groups is 1. The Kier molecular flexibility index (Phi) is 2.37. The van der Waals surface area contributed by atoms with Crippen molar-refractivity contribution in [2.75, 3.05) is 0 Å². The van der Waals surface area contributed by atoms with E-state index in [0.717, 1.165) is 17.7 Å². The Morgan fingerprint density at radius 1 is 1.18 bits per heavy atom. The Balaban J connectivity index is 1.96. The maximum absolute atomic E-state index is 11.6. The van der Waals surface area contributed by atoms with Gasteiger partial charge in [0.05, 0.1) is 6.26 Å². The normalized spacial score (nSPS) is 18.1. The molecule has 0 fully saturated rings. The van der Waals surface area contributed by atoms with Gasteiger partial charge in [-0.15, -0.1) is 0 Å². The lowest BCUT2D eigenvalue weighted by Gasteiger charge is -2.17. The number of benzene rings is 1. The first-order valence-corrected chi connectivity index (χ1v) is 5.54. The van der Waals surface area contributed by atoms with Crippen molar-refractivity contribution >= 4 is 12.1 Å². The quantitative estimate of drug-likeness (QED) is 0.788. The molecule has 3 heteroatoms. The number of carbonyl (C=O) groups excluding carboxylic acids is 1. The van der Waals surface area contributed by atoms with E-state index in [1.54, 1.807) is 12.5 Å². The highest BCUT2D eigenvalue weighted by molar-refractivity contribution is 6.04. The molecule has 0 N–H and O–H groups in total. The van der Waals surface area contributed by atoms with Crippen LogP contribution in [0.5, 0.6) is 0 Å². The predicted octanol–water partition coefficient (Wildman–Crippen LogP) is 2.83. The molecule has 3 nitrogen and oxygen atoms in total. The Morgan fingerprint density at radius 2 is 2.06 bits per heavy atom. The molecule has 2 heterocycles. The van der Waals surface area contributed by atoms with Crippen LogP contribution in [0.2, 0.25) is 0 Å². The standard InChI is InChI=1S/C14H11NO2/c16-14-13-6-2-1-5-12(13)10(9-15-14)8-11-4-3-7-17-11/h1-7,9-10H,8H2. The van der Waals surface area contributed by atoms with E-state index in [4.69, 9.17) is 4.42 Å². The Bertz CT molecular complexity index is 570. The number of hydrogen-bond acceptors (Lipinski definition) is 2. The minimum Gasteiger partial charge on any atom is -0.469 e. The Morgan fingerprint density at radius 3 is 2.88 bits per heavy atom. The van der Waals surface area contributed by atoms with Crippen molar-refractivity contribution in [2.45, 2.75) is 12.3 Å². The summed E-state index contributed by atoms with van der Waals surface area (Å²) in [5.41, 5.74) is 1.73. The molecule has 1 amide bonds. The number of amides is 1. The van der Waals surface area contributed by atoms with Crippen molar-refractivity contribution in [3.8, 4) is 0 Å². The van der Waals surface area contributed by atoms with Crippen molar-refractivity contribution in [3.05, 3.63) is 59.5 Å². The van der Waals surface area contributed by atoms with Crippen LogP contribution >= 0.6 is 0 Å². The van der Waals surface area contributed by atoms with Crippen molar-refractivity contribution in [1.82, 2.24) is 0 Å². The second-order valence-corrected chi connectivity index (χ2v) is 4.06. The van der Waals surface area contributed by atoms with Crippen molar-refractivity contribution in [3.63, 3.8) is 0 Å². The zero-order valence-corrected chi connectivity index (χ0v) is 9.17. The van der Waals surface area contributed by atoms with Crippen LogP contribution in [-0.4, -0.2) is 12.1 Å². The maximum Gasteiger partial charge on any atom is 0.276 e. The molecule has 1 aromatic carbocycles. The van der Waals surface area contributed by atoms with Gasteiger partial charge in [0.2, 0.25) is 0 Å². The SMILES string of the molecule is O=C1N=CC(Cc2ccco2)c2ccccc21. The van der Waals surface area contributed by atoms with Gasteiger partial charge in [0, 0.05) is 24.1 Å². The van der Waals surface area contributed by atoms with Crippen LogP contribution in [0, 0.1) is 0 Å². The third-order valence-electron chi connectivity index (χ3n) is 2.96. The van der Waals surface area contributed by atoms with E-state index >= 15 is 0 Å². The van der Waals surface area contributed by atoms with Gasteiger partial charge in [0.25, 0.3) is 5.91 Å². The molecule has 0 spiro atoms. The van der Waals surface area contributed by atoms with E-state index in [-0.39, 0.29) is 11.8 Å². The third kappa shape index (κ3) is 1.80. The van der Waals surface area contributed by atoms with E-state index in [0.29, 0.717) is 5.56 Å². The van der Waals surface area contributed by atoms with Crippen LogP contribution in [0.15, 0.2) is 52.1 Å². The van der Waals surface area contributed by atoms with E-state index < -0.39 is 0 Å². The summed E-state index contributed by atoms with van der Waals surface area (Å²) in [6.07, 6.45) is 4.11. The van der Waals surface area contributed by atoms with Crippen LogP contribution in [0.1, 0.15) is 27.6 Å². The molecule has 3 rings (SSSR count). The van der Waals surface area contributed by atoms with Gasteiger partial charge >= 0.3 is 0 Å². The number of furan rings is 1. The number of fused-ring (bicyclic) bond motifs is 1. The molecule has 84 valence electrons. The first kappa shape index (κ1) is 10.0. The second kappa shape index (κ2) is 4.01. The van der Waals surface area contributed by atoms with Crippen LogP contribution < -0.4 is 0 Å². The predicted molar refractivity (Wildman–Crippen MR) is 64.4 cm³/mol. The molecule has 1 aliphatic heterocycles. The number of nitrogens with zero attached hydrogens (tertiary/aromatic N) is 1. The highest BCUT2D eigenvalue weighted by Gasteiger charge is 2.22. The topological polar surface area (TPSA) is 42.6 Å². The summed E-state index contributed by atoms with van der Waals surface area (Å²) in [5.74, 6) is 0.872. The number of hydrogen-bond donors (Lipinski definition) is 0. The van der Waals surface area contributed by atoms with E-state index in [1.807, 2.05) is 36.4 Å². The summed E-state index contributed by atoms with van der Waals surface area (Å²) in [7, 11) is 0. The van der Waals surface area contributed by atoms with Gasteiger partial charge in [-0.1, -0.05) is 18.2 Å².